The number of benzene rings is 2. The summed E-state index contributed by atoms with van der Waals surface area (Å²) in [5, 5.41) is 1.96. The maximum Gasteiger partial charge on any atom is 0 e. The van der Waals surface area contributed by atoms with E-state index in [-0.39, 0.29) is 42.1 Å². The normalized spacial score (nSPS) is 9.00. The molecular weight excluding hydrogens is 552 g/mol. The van der Waals surface area contributed by atoms with Crippen LogP contribution in [-0.2, 0) is 42.1 Å². The summed E-state index contributed by atoms with van der Waals surface area (Å²) >= 11 is 8.62. The van der Waals surface area contributed by atoms with E-state index in [1.54, 1.807) is 0 Å². The first-order valence-corrected chi connectivity index (χ1v) is 4.41. The van der Waals surface area contributed by atoms with Gasteiger partial charge in [0.15, 0.2) is 0 Å². The minimum Gasteiger partial charge on any atom is -0.245 e. The van der Waals surface area contributed by atoms with E-state index < -0.39 is 0 Å². The van der Waals surface area contributed by atoms with Gasteiger partial charge in [0.2, 0.25) is 0 Å². The van der Waals surface area contributed by atoms with Crippen LogP contribution < -0.4 is 0 Å². The van der Waals surface area contributed by atoms with Crippen molar-refractivity contribution in [1.29, 1.82) is 0 Å². The first-order chi connectivity index (χ1) is 5.79. The van der Waals surface area contributed by atoms with Crippen molar-refractivity contribution in [2.24, 2.45) is 0 Å². The van der Waals surface area contributed by atoms with Gasteiger partial charge in [-0.2, -0.15) is 0 Å². The van der Waals surface area contributed by atoms with Gasteiger partial charge in [0.05, 0.1) is 0 Å². The van der Waals surface area contributed by atoms with Crippen LogP contribution >= 0.6 is 25.3 Å². The maximum atomic E-state index is 4.31. The van der Waals surface area contributed by atoms with Crippen molar-refractivity contribution >= 4 is 36.0 Å². The molecule has 0 saturated heterocycles. The van der Waals surface area contributed by atoms with Gasteiger partial charge in [-0.05, 0) is 0 Å². The molecule has 72 valence electrons. The van der Waals surface area contributed by atoms with Crippen LogP contribution in [0.5, 0.6) is 0 Å². The molecule has 0 aliphatic carbocycles. The van der Waals surface area contributed by atoms with Crippen LogP contribution in [0.1, 0.15) is 0 Å². The molecule has 4 heteroatoms. The van der Waals surface area contributed by atoms with Crippen molar-refractivity contribution in [2.45, 2.75) is 9.79 Å². The average Bonchev–Trinajstić information content (AvgIpc) is 2.12. The van der Waals surface area contributed by atoms with Crippen molar-refractivity contribution in [3.8, 4) is 0 Å². The number of fused-ring (bicyclic) bond motifs is 1. The summed E-state index contributed by atoms with van der Waals surface area (Å²) in [4.78, 5) is 1.83. The molecule has 14 heavy (non-hydrogen) atoms. The summed E-state index contributed by atoms with van der Waals surface area (Å²) in [5.74, 6) is 0. The van der Waals surface area contributed by atoms with Crippen molar-refractivity contribution in [3.63, 3.8) is 0 Å². The molecule has 0 nitrogen and oxygen atoms in total. The van der Waals surface area contributed by atoms with Crippen LogP contribution in [0.25, 0.3) is 10.8 Å². The molecule has 0 amide bonds. The molecule has 0 aromatic heterocycles. The largest absolute Gasteiger partial charge is 0.245 e. The molecule has 0 unspecified atom stereocenters. The molecule has 0 atom stereocenters. The fraction of sp³-hybridized carbons (Fsp3) is 0. The van der Waals surface area contributed by atoms with E-state index >= 15 is 0 Å². The Bertz CT molecular complexity index is 389. The van der Waals surface area contributed by atoms with Crippen LogP contribution in [0.3, 0.4) is 0 Å². The predicted octanol–water partition coefficient (Wildman–Crippen LogP) is 3.01. The third-order valence-electron chi connectivity index (χ3n) is 1.70. The van der Waals surface area contributed by atoms with Gasteiger partial charge in [-0.1, -0.05) is 0 Å². The van der Waals surface area contributed by atoms with Gasteiger partial charge in [-0.25, -0.2) is 60.3 Å². The standard InChI is InChI=1S/C10H6S2.2W/c11-9-5-6-10(12)8-4-2-1-3-7(8)9;;/h1-2,5-6,11-12H;;/q-2;;. The Morgan fingerprint density at radius 3 is 1.50 bits per heavy atom. The van der Waals surface area contributed by atoms with Gasteiger partial charge in [-0.15, -0.1) is 21.9 Å². The van der Waals surface area contributed by atoms with Gasteiger partial charge in [-0.3, -0.25) is 0 Å². The summed E-state index contributed by atoms with van der Waals surface area (Å²) in [7, 11) is 0. The van der Waals surface area contributed by atoms with E-state index in [0.29, 0.717) is 0 Å². The molecule has 2 aromatic carbocycles. The molecule has 0 aliphatic heterocycles. The van der Waals surface area contributed by atoms with Crippen LogP contribution in [0.2, 0.25) is 0 Å². The van der Waals surface area contributed by atoms with Gasteiger partial charge in [0.1, 0.15) is 0 Å². The molecule has 0 N–H and O–H groups in total. The molecule has 0 heterocycles. The van der Waals surface area contributed by atoms with E-state index in [4.69, 9.17) is 0 Å². The van der Waals surface area contributed by atoms with Gasteiger partial charge in [0, 0.05) is 42.1 Å². The molecular formula is C10H6S2W2-2. The minimum absolute atomic E-state index is 0. The number of hydrogen-bond acceptors (Lipinski definition) is 2. The Balaban J connectivity index is 0.000000845. The van der Waals surface area contributed by atoms with Gasteiger partial charge >= 0.3 is 0 Å². The zero-order chi connectivity index (χ0) is 8.55. The minimum atomic E-state index is 0. The monoisotopic (exact) mass is 558 g/mol. The predicted molar refractivity (Wildman–Crippen MR) is 56.1 cm³/mol. The third-order valence-corrected chi connectivity index (χ3v) is 2.45. The van der Waals surface area contributed by atoms with Crippen LogP contribution in [0.15, 0.2) is 34.1 Å². The third kappa shape index (κ3) is 2.89. The number of thiol groups is 2. The summed E-state index contributed by atoms with van der Waals surface area (Å²) < 4.78 is 0. The second-order valence-corrected chi connectivity index (χ2v) is 3.44. The molecule has 0 saturated carbocycles. The second kappa shape index (κ2) is 6.38. The Labute approximate surface area is 123 Å². The summed E-state index contributed by atoms with van der Waals surface area (Å²) in [6, 6.07) is 13.7. The van der Waals surface area contributed by atoms with Crippen molar-refractivity contribution in [2.75, 3.05) is 0 Å². The smallest absolute Gasteiger partial charge is 0 e. The quantitative estimate of drug-likeness (QED) is 0.361. The van der Waals surface area contributed by atoms with E-state index in [1.807, 2.05) is 24.3 Å². The van der Waals surface area contributed by atoms with Crippen LogP contribution in [-0.4, -0.2) is 0 Å². The first kappa shape index (κ1) is 14.8. The van der Waals surface area contributed by atoms with Gasteiger partial charge < -0.3 is 0 Å². The van der Waals surface area contributed by atoms with Crippen molar-refractivity contribution < 1.29 is 42.1 Å². The molecule has 0 radical (unpaired) electrons. The summed E-state index contributed by atoms with van der Waals surface area (Å²) in [6.07, 6.45) is 0. The zero-order valence-corrected chi connectivity index (χ0v) is 14.7. The summed E-state index contributed by atoms with van der Waals surface area (Å²) in [5.41, 5.74) is 0. The zero-order valence-electron chi connectivity index (χ0n) is 7.02. The second-order valence-electron chi connectivity index (χ2n) is 2.48. The topological polar surface area (TPSA) is 0 Å². The Morgan fingerprint density at radius 1 is 0.786 bits per heavy atom. The maximum absolute atomic E-state index is 4.31. The molecule has 0 aliphatic rings. The van der Waals surface area contributed by atoms with Gasteiger partial charge in [0.25, 0.3) is 0 Å². The molecule has 0 spiro atoms. The summed E-state index contributed by atoms with van der Waals surface area (Å²) in [6.45, 7) is 0. The Kier molecular flexibility index (Phi) is 6.73. The number of hydrogen-bond donors (Lipinski definition) is 2. The van der Waals surface area contributed by atoms with E-state index in [9.17, 15) is 0 Å². The fourth-order valence-electron chi connectivity index (χ4n) is 1.12. The van der Waals surface area contributed by atoms with Crippen molar-refractivity contribution in [3.05, 3.63) is 36.4 Å². The SMILES string of the molecule is Sc1ccc(S)c2[c-]cc[c-]c12.[W].[W]. The fourth-order valence-corrected chi connectivity index (χ4v) is 1.62. The van der Waals surface area contributed by atoms with Crippen LogP contribution in [0.4, 0.5) is 0 Å². The van der Waals surface area contributed by atoms with E-state index in [0.717, 1.165) is 20.6 Å². The first-order valence-electron chi connectivity index (χ1n) is 3.52. The Hall–Kier alpha value is 0.777. The van der Waals surface area contributed by atoms with E-state index in [1.165, 1.54) is 0 Å². The molecule has 0 bridgehead atoms. The van der Waals surface area contributed by atoms with Crippen molar-refractivity contribution in [1.82, 2.24) is 0 Å². The molecule has 0 fully saturated rings. The number of rotatable bonds is 0. The average molecular weight is 558 g/mol. The Morgan fingerprint density at radius 2 is 1.14 bits per heavy atom. The van der Waals surface area contributed by atoms with Crippen LogP contribution in [0, 0.1) is 12.1 Å². The van der Waals surface area contributed by atoms with E-state index in [2.05, 4.69) is 37.4 Å². The molecule has 2 aromatic rings. The molecule has 2 rings (SSSR count).